The van der Waals surface area contributed by atoms with E-state index in [9.17, 15) is 5.11 Å². The standard InChI is InChI=1S/C22H23NO3/c1-25-18-11-7-16(8-12-18)15-23-21-6-4-3-5-20(21)22(24)17-9-13-19(26-2)14-10-17/h3-14,22-24H,15H2,1-2H3. The number of ether oxygens (including phenoxy) is 2. The number of methoxy groups -OCH3 is 2. The van der Waals surface area contributed by atoms with Crippen LogP contribution in [0.25, 0.3) is 0 Å². The van der Waals surface area contributed by atoms with Crippen LogP contribution in [0.3, 0.4) is 0 Å². The molecule has 0 spiro atoms. The summed E-state index contributed by atoms with van der Waals surface area (Å²) in [6, 6.07) is 23.2. The minimum absolute atomic E-state index is 0.663. The van der Waals surface area contributed by atoms with Crippen molar-refractivity contribution >= 4 is 5.69 Å². The van der Waals surface area contributed by atoms with Crippen molar-refractivity contribution in [2.45, 2.75) is 12.6 Å². The van der Waals surface area contributed by atoms with Crippen LogP contribution in [0.15, 0.2) is 72.8 Å². The zero-order valence-electron chi connectivity index (χ0n) is 15.0. The Labute approximate surface area is 154 Å². The molecule has 4 nitrogen and oxygen atoms in total. The lowest BCUT2D eigenvalue weighted by molar-refractivity contribution is 0.221. The number of benzene rings is 3. The topological polar surface area (TPSA) is 50.7 Å². The van der Waals surface area contributed by atoms with Crippen molar-refractivity contribution < 1.29 is 14.6 Å². The molecule has 0 fully saturated rings. The lowest BCUT2D eigenvalue weighted by Gasteiger charge is -2.17. The van der Waals surface area contributed by atoms with Gasteiger partial charge in [-0.25, -0.2) is 0 Å². The first-order valence-corrected chi connectivity index (χ1v) is 8.49. The lowest BCUT2D eigenvalue weighted by Crippen LogP contribution is -2.07. The van der Waals surface area contributed by atoms with Crippen molar-refractivity contribution in [3.63, 3.8) is 0 Å². The summed E-state index contributed by atoms with van der Waals surface area (Å²) in [6.07, 6.45) is -0.708. The predicted octanol–water partition coefficient (Wildman–Crippen LogP) is 4.40. The van der Waals surface area contributed by atoms with Crippen LogP contribution in [-0.2, 0) is 6.54 Å². The molecule has 1 atom stereocenters. The average Bonchev–Trinajstić information content (AvgIpc) is 2.72. The Bertz CT molecular complexity index is 829. The zero-order chi connectivity index (χ0) is 18.4. The third-order valence-corrected chi connectivity index (χ3v) is 4.33. The van der Waals surface area contributed by atoms with Gasteiger partial charge in [-0.15, -0.1) is 0 Å². The monoisotopic (exact) mass is 349 g/mol. The molecule has 0 saturated heterocycles. The summed E-state index contributed by atoms with van der Waals surface area (Å²) in [5, 5.41) is 14.2. The van der Waals surface area contributed by atoms with E-state index in [1.54, 1.807) is 14.2 Å². The number of para-hydroxylation sites is 1. The first kappa shape index (κ1) is 17.8. The summed E-state index contributed by atoms with van der Waals surface area (Å²) < 4.78 is 10.4. The number of anilines is 1. The maximum Gasteiger partial charge on any atom is 0.118 e. The minimum Gasteiger partial charge on any atom is -0.497 e. The van der Waals surface area contributed by atoms with Crippen LogP contribution < -0.4 is 14.8 Å². The Hall–Kier alpha value is -2.98. The maximum absolute atomic E-state index is 10.8. The zero-order valence-corrected chi connectivity index (χ0v) is 15.0. The highest BCUT2D eigenvalue weighted by molar-refractivity contribution is 5.54. The van der Waals surface area contributed by atoms with E-state index >= 15 is 0 Å². The molecule has 0 aliphatic carbocycles. The molecule has 0 aromatic heterocycles. The van der Waals surface area contributed by atoms with E-state index in [2.05, 4.69) is 5.32 Å². The fourth-order valence-corrected chi connectivity index (χ4v) is 2.80. The largest absolute Gasteiger partial charge is 0.497 e. The molecule has 0 amide bonds. The molecule has 0 aliphatic heterocycles. The Morgan fingerprint density at radius 1 is 0.808 bits per heavy atom. The van der Waals surface area contributed by atoms with Crippen molar-refractivity contribution in [2.24, 2.45) is 0 Å². The van der Waals surface area contributed by atoms with Crippen LogP contribution in [-0.4, -0.2) is 19.3 Å². The van der Waals surface area contributed by atoms with E-state index in [0.29, 0.717) is 6.54 Å². The number of hydrogen-bond donors (Lipinski definition) is 2. The summed E-state index contributed by atoms with van der Waals surface area (Å²) in [5.74, 6) is 1.61. The van der Waals surface area contributed by atoms with Crippen LogP contribution >= 0.6 is 0 Å². The summed E-state index contributed by atoms with van der Waals surface area (Å²) in [6.45, 7) is 0.663. The van der Waals surface area contributed by atoms with E-state index in [1.807, 2.05) is 72.8 Å². The molecule has 3 aromatic carbocycles. The Morgan fingerprint density at radius 2 is 1.38 bits per heavy atom. The smallest absolute Gasteiger partial charge is 0.118 e. The van der Waals surface area contributed by atoms with Gasteiger partial charge in [0.15, 0.2) is 0 Å². The predicted molar refractivity (Wildman–Crippen MR) is 104 cm³/mol. The summed E-state index contributed by atoms with van der Waals surface area (Å²) in [5.41, 5.74) is 3.71. The molecule has 3 rings (SSSR count). The molecule has 2 N–H and O–H groups in total. The van der Waals surface area contributed by atoms with Gasteiger partial charge in [0, 0.05) is 17.8 Å². The van der Waals surface area contributed by atoms with Gasteiger partial charge in [0.2, 0.25) is 0 Å². The van der Waals surface area contributed by atoms with Crippen molar-refractivity contribution in [1.82, 2.24) is 0 Å². The third-order valence-electron chi connectivity index (χ3n) is 4.33. The Balaban J connectivity index is 1.76. The highest BCUT2D eigenvalue weighted by Gasteiger charge is 2.14. The van der Waals surface area contributed by atoms with E-state index in [4.69, 9.17) is 9.47 Å². The van der Waals surface area contributed by atoms with Gasteiger partial charge >= 0.3 is 0 Å². The number of nitrogens with one attached hydrogen (secondary N) is 1. The second-order valence-electron chi connectivity index (χ2n) is 5.96. The molecule has 4 heteroatoms. The van der Waals surface area contributed by atoms with Crippen LogP contribution in [0.4, 0.5) is 5.69 Å². The Kier molecular flexibility index (Phi) is 5.77. The van der Waals surface area contributed by atoms with Crippen LogP contribution in [0, 0.1) is 0 Å². The highest BCUT2D eigenvalue weighted by Crippen LogP contribution is 2.29. The average molecular weight is 349 g/mol. The third kappa shape index (κ3) is 4.16. The Morgan fingerprint density at radius 3 is 2.00 bits per heavy atom. The van der Waals surface area contributed by atoms with Gasteiger partial charge in [-0.05, 0) is 41.5 Å². The van der Waals surface area contributed by atoms with Crippen molar-refractivity contribution in [1.29, 1.82) is 0 Å². The fourth-order valence-electron chi connectivity index (χ4n) is 2.80. The molecule has 134 valence electrons. The van der Waals surface area contributed by atoms with Gasteiger partial charge in [0.1, 0.15) is 17.6 Å². The second-order valence-corrected chi connectivity index (χ2v) is 5.96. The molecule has 3 aromatic rings. The summed E-state index contributed by atoms with van der Waals surface area (Å²) in [7, 11) is 3.29. The van der Waals surface area contributed by atoms with Gasteiger partial charge < -0.3 is 19.9 Å². The van der Waals surface area contributed by atoms with Gasteiger partial charge in [-0.2, -0.15) is 0 Å². The number of aliphatic hydroxyl groups is 1. The first-order chi connectivity index (χ1) is 12.7. The van der Waals surface area contributed by atoms with E-state index in [0.717, 1.165) is 33.9 Å². The normalized spacial score (nSPS) is 11.7. The molecular formula is C22H23NO3. The minimum atomic E-state index is -0.708. The number of hydrogen-bond acceptors (Lipinski definition) is 4. The van der Waals surface area contributed by atoms with Gasteiger partial charge in [0.25, 0.3) is 0 Å². The van der Waals surface area contributed by atoms with Crippen molar-refractivity contribution in [3.8, 4) is 11.5 Å². The summed E-state index contributed by atoms with van der Waals surface area (Å²) >= 11 is 0. The van der Waals surface area contributed by atoms with Crippen molar-refractivity contribution in [2.75, 3.05) is 19.5 Å². The van der Waals surface area contributed by atoms with Gasteiger partial charge in [-0.3, -0.25) is 0 Å². The maximum atomic E-state index is 10.8. The van der Waals surface area contributed by atoms with Crippen LogP contribution in [0.2, 0.25) is 0 Å². The van der Waals surface area contributed by atoms with E-state index in [1.165, 1.54) is 0 Å². The number of rotatable bonds is 7. The van der Waals surface area contributed by atoms with Crippen LogP contribution in [0.1, 0.15) is 22.8 Å². The van der Waals surface area contributed by atoms with Gasteiger partial charge in [-0.1, -0.05) is 42.5 Å². The molecule has 0 bridgehead atoms. The quantitative estimate of drug-likeness (QED) is 0.664. The molecule has 26 heavy (non-hydrogen) atoms. The van der Waals surface area contributed by atoms with Gasteiger partial charge in [0.05, 0.1) is 14.2 Å². The fraction of sp³-hybridized carbons (Fsp3) is 0.182. The molecule has 0 aliphatic rings. The molecule has 0 heterocycles. The SMILES string of the molecule is COc1ccc(CNc2ccccc2C(O)c2ccc(OC)cc2)cc1. The second kappa shape index (κ2) is 8.41. The van der Waals surface area contributed by atoms with Crippen LogP contribution in [0.5, 0.6) is 11.5 Å². The molecule has 1 unspecified atom stereocenters. The highest BCUT2D eigenvalue weighted by atomic mass is 16.5. The molecular weight excluding hydrogens is 326 g/mol. The number of aliphatic hydroxyl groups excluding tert-OH is 1. The summed E-state index contributed by atoms with van der Waals surface area (Å²) in [4.78, 5) is 0. The lowest BCUT2D eigenvalue weighted by atomic mass is 9.99. The van der Waals surface area contributed by atoms with E-state index in [-0.39, 0.29) is 0 Å². The molecule has 0 saturated carbocycles. The van der Waals surface area contributed by atoms with E-state index < -0.39 is 6.10 Å². The molecule has 0 radical (unpaired) electrons. The van der Waals surface area contributed by atoms with Crippen molar-refractivity contribution in [3.05, 3.63) is 89.5 Å². The first-order valence-electron chi connectivity index (χ1n) is 8.49.